The number of nitrogens with one attached hydrogen (secondary N) is 2. The van der Waals surface area contributed by atoms with E-state index in [1.165, 1.54) is 7.11 Å². The highest BCUT2D eigenvalue weighted by molar-refractivity contribution is 6.05. The normalized spacial score (nSPS) is 10.1. The van der Waals surface area contributed by atoms with Gasteiger partial charge in [-0.05, 0) is 42.0 Å². The summed E-state index contributed by atoms with van der Waals surface area (Å²) in [6.07, 6.45) is 0. The third-order valence-electron chi connectivity index (χ3n) is 4.36. The Kier molecular flexibility index (Phi) is 6.47. The third-order valence-corrected chi connectivity index (χ3v) is 4.36. The molecule has 0 saturated carbocycles. The first-order valence-corrected chi connectivity index (χ1v) is 9.06. The van der Waals surface area contributed by atoms with Crippen LogP contribution in [0.5, 0.6) is 11.5 Å². The molecule has 6 heteroatoms. The Hall–Kier alpha value is -3.80. The van der Waals surface area contributed by atoms with Gasteiger partial charge in [0.15, 0.2) is 0 Å². The molecule has 29 heavy (non-hydrogen) atoms. The van der Waals surface area contributed by atoms with Crippen molar-refractivity contribution >= 4 is 17.5 Å². The summed E-state index contributed by atoms with van der Waals surface area (Å²) in [5, 5.41) is 5.66. The largest absolute Gasteiger partial charge is 0.497 e. The number of carbonyl (C=O) groups is 2. The molecule has 3 rings (SSSR count). The van der Waals surface area contributed by atoms with Gasteiger partial charge in [0, 0.05) is 23.7 Å². The number of carbonyl (C=O) groups excluding carboxylic acids is 2. The maximum absolute atomic E-state index is 12.6. The Balaban J connectivity index is 1.65. The van der Waals surface area contributed by atoms with E-state index in [9.17, 15) is 9.59 Å². The number of methoxy groups -OCH3 is 2. The highest BCUT2D eigenvalue weighted by atomic mass is 16.5. The minimum Gasteiger partial charge on any atom is -0.497 e. The second kappa shape index (κ2) is 9.41. The highest BCUT2D eigenvalue weighted by Gasteiger charge is 2.12. The van der Waals surface area contributed by atoms with Crippen LogP contribution < -0.4 is 20.1 Å². The zero-order valence-electron chi connectivity index (χ0n) is 16.3. The van der Waals surface area contributed by atoms with Crippen molar-refractivity contribution in [2.24, 2.45) is 0 Å². The molecule has 148 valence electrons. The van der Waals surface area contributed by atoms with E-state index < -0.39 is 0 Å². The number of rotatable bonds is 7. The second-order valence-electron chi connectivity index (χ2n) is 6.27. The van der Waals surface area contributed by atoms with Crippen molar-refractivity contribution in [1.82, 2.24) is 5.32 Å². The molecule has 0 aliphatic rings. The maximum atomic E-state index is 12.6. The molecular weight excluding hydrogens is 368 g/mol. The van der Waals surface area contributed by atoms with Gasteiger partial charge >= 0.3 is 0 Å². The first-order chi connectivity index (χ1) is 14.1. The molecule has 0 radical (unpaired) electrons. The maximum Gasteiger partial charge on any atom is 0.255 e. The molecule has 0 heterocycles. The zero-order chi connectivity index (χ0) is 20.6. The summed E-state index contributed by atoms with van der Waals surface area (Å²) in [5.41, 5.74) is 2.43. The topological polar surface area (TPSA) is 76.7 Å². The fraction of sp³-hybridized carbons (Fsp3) is 0.130. The lowest BCUT2D eigenvalue weighted by Gasteiger charge is -2.12. The van der Waals surface area contributed by atoms with Crippen LogP contribution in [0, 0.1) is 0 Å². The lowest BCUT2D eigenvalue weighted by Crippen LogP contribution is -2.22. The summed E-state index contributed by atoms with van der Waals surface area (Å²) < 4.78 is 10.5. The van der Waals surface area contributed by atoms with Gasteiger partial charge in [-0.25, -0.2) is 0 Å². The van der Waals surface area contributed by atoms with Crippen molar-refractivity contribution in [2.45, 2.75) is 6.54 Å². The molecule has 3 aromatic carbocycles. The smallest absolute Gasteiger partial charge is 0.255 e. The molecule has 0 aromatic heterocycles. The Morgan fingerprint density at radius 2 is 1.45 bits per heavy atom. The van der Waals surface area contributed by atoms with E-state index in [1.54, 1.807) is 49.6 Å². The second-order valence-corrected chi connectivity index (χ2v) is 6.27. The number of hydrogen-bond acceptors (Lipinski definition) is 4. The molecule has 0 fully saturated rings. The number of amides is 2. The van der Waals surface area contributed by atoms with Gasteiger partial charge in [-0.3, -0.25) is 9.59 Å². The molecule has 0 atom stereocenters. The molecule has 6 nitrogen and oxygen atoms in total. The van der Waals surface area contributed by atoms with Crippen LogP contribution in [0.4, 0.5) is 5.69 Å². The van der Waals surface area contributed by atoms with Crippen molar-refractivity contribution in [3.8, 4) is 11.5 Å². The van der Waals surface area contributed by atoms with E-state index in [0.29, 0.717) is 34.9 Å². The first kappa shape index (κ1) is 19.9. The van der Waals surface area contributed by atoms with Crippen molar-refractivity contribution in [2.75, 3.05) is 19.5 Å². The number of benzene rings is 3. The van der Waals surface area contributed by atoms with Crippen LogP contribution in [-0.2, 0) is 6.54 Å². The summed E-state index contributed by atoms with van der Waals surface area (Å²) in [5.74, 6) is 0.616. The van der Waals surface area contributed by atoms with E-state index in [2.05, 4.69) is 10.6 Å². The lowest BCUT2D eigenvalue weighted by molar-refractivity contribution is 0.0949. The Bertz CT molecular complexity index is 986. The van der Waals surface area contributed by atoms with E-state index in [1.807, 2.05) is 30.3 Å². The highest BCUT2D eigenvalue weighted by Crippen LogP contribution is 2.29. The number of ether oxygens (including phenoxy) is 2. The summed E-state index contributed by atoms with van der Waals surface area (Å²) >= 11 is 0. The summed E-state index contributed by atoms with van der Waals surface area (Å²) in [4.78, 5) is 24.9. The van der Waals surface area contributed by atoms with E-state index in [-0.39, 0.29) is 11.8 Å². The predicted octanol–water partition coefficient (Wildman–Crippen LogP) is 3.89. The third kappa shape index (κ3) is 5.13. The molecule has 0 aliphatic carbocycles. The van der Waals surface area contributed by atoms with E-state index in [0.717, 1.165) is 5.56 Å². The van der Waals surface area contributed by atoms with Crippen LogP contribution in [0.1, 0.15) is 26.3 Å². The fourth-order valence-electron chi connectivity index (χ4n) is 2.76. The standard InChI is InChI=1S/C23H22N2O4/c1-28-19-12-13-21(29-2)20(14-19)25-23(27)18-10-8-17(9-11-18)22(26)24-15-16-6-4-3-5-7-16/h3-14H,15H2,1-2H3,(H,24,26)(H,25,27). The number of hydrogen-bond donors (Lipinski definition) is 2. The van der Waals surface area contributed by atoms with E-state index >= 15 is 0 Å². The zero-order valence-corrected chi connectivity index (χ0v) is 16.3. The Morgan fingerprint density at radius 3 is 2.07 bits per heavy atom. The molecule has 3 aromatic rings. The summed E-state index contributed by atoms with van der Waals surface area (Å²) in [6, 6.07) is 21.3. The fourth-order valence-corrected chi connectivity index (χ4v) is 2.76. The van der Waals surface area contributed by atoms with Gasteiger partial charge in [0.2, 0.25) is 0 Å². The van der Waals surface area contributed by atoms with Crippen LogP contribution in [-0.4, -0.2) is 26.0 Å². The molecule has 2 N–H and O–H groups in total. The molecule has 0 saturated heterocycles. The monoisotopic (exact) mass is 390 g/mol. The van der Waals surface area contributed by atoms with Crippen molar-refractivity contribution in [1.29, 1.82) is 0 Å². The average molecular weight is 390 g/mol. The SMILES string of the molecule is COc1ccc(OC)c(NC(=O)c2ccc(C(=O)NCc3ccccc3)cc2)c1. The van der Waals surface area contributed by atoms with Crippen molar-refractivity contribution in [3.63, 3.8) is 0 Å². The minimum absolute atomic E-state index is 0.199. The summed E-state index contributed by atoms with van der Waals surface area (Å²) in [7, 11) is 3.08. The van der Waals surface area contributed by atoms with Crippen molar-refractivity contribution in [3.05, 3.63) is 89.5 Å². The molecule has 0 aliphatic heterocycles. The van der Waals surface area contributed by atoms with Gasteiger partial charge in [-0.1, -0.05) is 30.3 Å². The minimum atomic E-state index is -0.312. The van der Waals surface area contributed by atoms with Crippen LogP contribution in [0.15, 0.2) is 72.8 Å². The predicted molar refractivity (Wildman–Crippen MR) is 112 cm³/mol. The lowest BCUT2D eigenvalue weighted by atomic mass is 10.1. The van der Waals surface area contributed by atoms with Gasteiger partial charge in [0.25, 0.3) is 11.8 Å². The summed E-state index contributed by atoms with van der Waals surface area (Å²) in [6.45, 7) is 0.442. The Morgan fingerprint density at radius 1 is 0.793 bits per heavy atom. The van der Waals surface area contributed by atoms with Gasteiger partial charge in [0.1, 0.15) is 11.5 Å². The average Bonchev–Trinajstić information content (AvgIpc) is 2.78. The van der Waals surface area contributed by atoms with Gasteiger partial charge in [0.05, 0.1) is 19.9 Å². The van der Waals surface area contributed by atoms with Crippen LogP contribution in [0.25, 0.3) is 0 Å². The number of anilines is 1. The molecule has 0 spiro atoms. The van der Waals surface area contributed by atoms with Gasteiger partial charge in [-0.2, -0.15) is 0 Å². The van der Waals surface area contributed by atoms with Crippen LogP contribution in [0.3, 0.4) is 0 Å². The molecule has 0 unspecified atom stereocenters. The van der Waals surface area contributed by atoms with Gasteiger partial charge < -0.3 is 20.1 Å². The van der Waals surface area contributed by atoms with Crippen molar-refractivity contribution < 1.29 is 19.1 Å². The molecular formula is C23H22N2O4. The quantitative estimate of drug-likeness (QED) is 0.642. The first-order valence-electron chi connectivity index (χ1n) is 9.06. The van der Waals surface area contributed by atoms with E-state index in [4.69, 9.17) is 9.47 Å². The van der Waals surface area contributed by atoms with Crippen LogP contribution >= 0.6 is 0 Å². The Labute approximate surface area is 169 Å². The van der Waals surface area contributed by atoms with Gasteiger partial charge in [-0.15, -0.1) is 0 Å². The molecule has 2 amide bonds. The van der Waals surface area contributed by atoms with Crippen LogP contribution in [0.2, 0.25) is 0 Å². The molecule has 0 bridgehead atoms.